The zero-order chi connectivity index (χ0) is 11.0. The Morgan fingerprint density at radius 1 is 1.31 bits per heavy atom. The van der Waals surface area contributed by atoms with Crippen LogP contribution in [0, 0.1) is 5.92 Å². The number of aromatic nitrogens is 2. The van der Waals surface area contributed by atoms with Crippen molar-refractivity contribution in [3.8, 4) is 0 Å². The summed E-state index contributed by atoms with van der Waals surface area (Å²) in [6, 6.07) is 5.70. The van der Waals surface area contributed by atoms with Crippen LogP contribution in [0.1, 0.15) is 12.8 Å². The van der Waals surface area contributed by atoms with Crippen LogP contribution in [-0.4, -0.2) is 16.5 Å². The first-order valence-electron chi connectivity index (χ1n) is 5.47. The van der Waals surface area contributed by atoms with Gasteiger partial charge in [-0.15, -0.1) is 0 Å². The van der Waals surface area contributed by atoms with Gasteiger partial charge in [-0.3, -0.25) is 0 Å². The molecule has 3 rings (SSSR count). The van der Waals surface area contributed by atoms with Crippen molar-refractivity contribution in [1.82, 2.24) is 9.97 Å². The lowest BCUT2D eigenvalue weighted by molar-refractivity contribution is 0.883. The number of hydrogen-bond acceptors (Lipinski definition) is 3. The number of nitrogens with zero attached hydrogens (tertiary/aromatic N) is 2. The summed E-state index contributed by atoms with van der Waals surface area (Å²) in [5.74, 6) is 1.74. The van der Waals surface area contributed by atoms with E-state index in [1.165, 1.54) is 12.8 Å². The Morgan fingerprint density at radius 3 is 3.00 bits per heavy atom. The predicted molar refractivity (Wildman–Crippen MR) is 65.8 cm³/mol. The lowest BCUT2D eigenvalue weighted by atomic mass is 10.2. The molecule has 0 unspecified atom stereocenters. The Bertz CT molecular complexity index is 523. The number of hydrogen-bond donors (Lipinski definition) is 1. The van der Waals surface area contributed by atoms with Crippen LogP contribution >= 0.6 is 11.6 Å². The van der Waals surface area contributed by atoms with Crippen molar-refractivity contribution in [3.63, 3.8) is 0 Å². The Labute approximate surface area is 98.9 Å². The van der Waals surface area contributed by atoms with E-state index in [0.717, 1.165) is 29.2 Å². The fourth-order valence-corrected chi connectivity index (χ4v) is 1.90. The van der Waals surface area contributed by atoms with Crippen LogP contribution in [0.4, 0.5) is 5.82 Å². The summed E-state index contributed by atoms with van der Waals surface area (Å²) in [5.41, 5.74) is 0.890. The second-order valence-corrected chi connectivity index (χ2v) is 4.64. The average Bonchev–Trinajstić information content (AvgIpc) is 3.09. The molecule has 0 spiro atoms. The van der Waals surface area contributed by atoms with Crippen molar-refractivity contribution in [2.75, 3.05) is 11.9 Å². The van der Waals surface area contributed by atoms with E-state index in [1.54, 1.807) is 6.33 Å². The highest BCUT2D eigenvalue weighted by atomic mass is 35.5. The van der Waals surface area contributed by atoms with E-state index in [9.17, 15) is 0 Å². The average molecular weight is 234 g/mol. The van der Waals surface area contributed by atoms with Gasteiger partial charge >= 0.3 is 0 Å². The van der Waals surface area contributed by atoms with Crippen LogP contribution in [0.3, 0.4) is 0 Å². The normalized spacial score (nSPS) is 15.3. The third kappa shape index (κ3) is 1.95. The SMILES string of the molecule is Clc1ccc2c(NCC3CC3)ncnc2c1. The third-order valence-corrected chi connectivity index (χ3v) is 3.09. The van der Waals surface area contributed by atoms with Gasteiger partial charge < -0.3 is 5.32 Å². The van der Waals surface area contributed by atoms with Crippen LogP contribution in [-0.2, 0) is 0 Å². The topological polar surface area (TPSA) is 37.8 Å². The summed E-state index contributed by atoms with van der Waals surface area (Å²) in [6.07, 6.45) is 4.25. The van der Waals surface area contributed by atoms with Gasteiger partial charge in [0, 0.05) is 17.0 Å². The standard InChI is InChI=1S/C12H12ClN3/c13-9-3-4-10-11(5-9)15-7-16-12(10)14-6-8-1-2-8/h3-5,7-8H,1-2,6H2,(H,14,15,16). The van der Waals surface area contributed by atoms with Gasteiger partial charge in [-0.1, -0.05) is 11.6 Å². The van der Waals surface area contributed by atoms with Crippen LogP contribution in [0.15, 0.2) is 24.5 Å². The highest BCUT2D eigenvalue weighted by Crippen LogP contribution is 2.30. The Morgan fingerprint density at radius 2 is 2.19 bits per heavy atom. The molecule has 1 aromatic carbocycles. The van der Waals surface area contributed by atoms with E-state index in [0.29, 0.717) is 5.02 Å². The molecule has 1 aliphatic rings. The zero-order valence-electron chi connectivity index (χ0n) is 8.78. The van der Waals surface area contributed by atoms with E-state index in [1.807, 2.05) is 18.2 Å². The lowest BCUT2D eigenvalue weighted by Gasteiger charge is -2.07. The van der Waals surface area contributed by atoms with Crippen molar-refractivity contribution in [1.29, 1.82) is 0 Å². The minimum atomic E-state index is 0.708. The molecule has 82 valence electrons. The first-order valence-corrected chi connectivity index (χ1v) is 5.85. The van der Waals surface area contributed by atoms with Crippen molar-refractivity contribution >= 4 is 28.3 Å². The summed E-state index contributed by atoms with van der Waals surface area (Å²) in [6.45, 7) is 1.01. The van der Waals surface area contributed by atoms with E-state index < -0.39 is 0 Å². The van der Waals surface area contributed by atoms with E-state index in [2.05, 4.69) is 15.3 Å². The van der Waals surface area contributed by atoms with Crippen LogP contribution in [0.2, 0.25) is 5.02 Å². The van der Waals surface area contributed by atoms with Gasteiger partial charge in [0.25, 0.3) is 0 Å². The molecule has 0 aliphatic heterocycles. The number of benzene rings is 1. The van der Waals surface area contributed by atoms with Crippen molar-refractivity contribution in [2.24, 2.45) is 5.92 Å². The molecule has 0 saturated heterocycles. The van der Waals surface area contributed by atoms with E-state index >= 15 is 0 Å². The summed E-state index contributed by atoms with van der Waals surface area (Å²) in [4.78, 5) is 8.48. The zero-order valence-corrected chi connectivity index (χ0v) is 9.54. The number of anilines is 1. The van der Waals surface area contributed by atoms with Gasteiger partial charge in [-0.2, -0.15) is 0 Å². The van der Waals surface area contributed by atoms with Gasteiger partial charge in [0.1, 0.15) is 12.1 Å². The third-order valence-electron chi connectivity index (χ3n) is 2.85. The fourth-order valence-electron chi connectivity index (χ4n) is 1.73. The van der Waals surface area contributed by atoms with Gasteiger partial charge in [-0.05, 0) is 37.0 Å². The quantitative estimate of drug-likeness (QED) is 0.885. The van der Waals surface area contributed by atoms with Gasteiger partial charge in [0.2, 0.25) is 0 Å². The number of nitrogens with one attached hydrogen (secondary N) is 1. The molecule has 1 N–H and O–H groups in total. The second-order valence-electron chi connectivity index (χ2n) is 4.21. The minimum Gasteiger partial charge on any atom is -0.369 e. The monoisotopic (exact) mass is 233 g/mol. The van der Waals surface area contributed by atoms with Gasteiger partial charge in [0.05, 0.1) is 5.52 Å². The highest BCUT2D eigenvalue weighted by Gasteiger charge is 2.21. The molecule has 1 aromatic heterocycles. The largest absolute Gasteiger partial charge is 0.369 e. The van der Waals surface area contributed by atoms with Gasteiger partial charge in [0.15, 0.2) is 0 Å². The molecule has 0 atom stereocenters. The van der Waals surface area contributed by atoms with Gasteiger partial charge in [-0.25, -0.2) is 9.97 Å². The second kappa shape index (κ2) is 3.91. The molecule has 0 amide bonds. The molecule has 3 nitrogen and oxygen atoms in total. The maximum Gasteiger partial charge on any atom is 0.137 e. The maximum absolute atomic E-state index is 5.93. The molecule has 0 bridgehead atoms. The number of halogens is 1. The van der Waals surface area contributed by atoms with E-state index in [-0.39, 0.29) is 0 Å². The molecular weight excluding hydrogens is 222 g/mol. The highest BCUT2D eigenvalue weighted by molar-refractivity contribution is 6.31. The molecule has 0 radical (unpaired) electrons. The Kier molecular flexibility index (Phi) is 2.40. The van der Waals surface area contributed by atoms with Crippen LogP contribution in [0.5, 0.6) is 0 Å². The number of rotatable bonds is 3. The summed E-state index contributed by atoms with van der Waals surface area (Å²) in [5, 5.41) is 5.12. The van der Waals surface area contributed by atoms with E-state index in [4.69, 9.17) is 11.6 Å². The van der Waals surface area contributed by atoms with Crippen LogP contribution < -0.4 is 5.32 Å². The van der Waals surface area contributed by atoms with Crippen molar-refractivity contribution in [3.05, 3.63) is 29.5 Å². The predicted octanol–water partition coefficient (Wildman–Crippen LogP) is 3.11. The molecule has 1 saturated carbocycles. The first-order chi connectivity index (χ1) is 7.83. The van der Waals surface area contributed by atoms with Crippen LogP contribution in [0.25, 0.3) is 10.9 Å². The van der Waals surface area contributed by atoms with Crippen molar-refractivity contribution < 1.29 is 0 Å². The smallest absolute Gasteiger partial charge is 0.137 e. The number of fused-ring (bicyclic) bond motifs is 1. The molecule has 16 heavy (non-hydrogen) atoms. The molecule has 2 aromatic rings. The Hall–Kier alpha value is -1.35. The first kappa shape index (κ1) is 9.85. The Balaban J connectivity index is 1.95. The van der Waals surface area contributed by atoms with Crippen molar-refractivity contribution in [2.45, 2.75) is 12.8 Å². The molecule has 1 heterocycles. The molecule has 1 aliphatic carbocycles. The lowest BCUT2D eigenvalue weighted by Crippen LogP contribution is -2.05. The minimum absolute atomic E-state index is 0.708. The maximum atomic E-state index is 5.93. The summed E-state index contributed by atoms with van der Waals surface area (Å²) < 4.78 is 0. The molecule has 1 fully saturated rings. The molecule has 4 heteroatoms. The molecular formula is C12H12ClN3. The summed E-state index contributed by atoms with van der Waals surface area (Å²) in [7, 11) is 0. The summed E-state index contributed by atoms with van der Waals surface area (Å²) >= 11 is 5.93. The fraction of sp³-hybridized carbons (Fsp3) is 0.333.